The lowest BCUT2D eigenvalue weighted by atomic mass is 9.94. The Hall–Kier alpha value is -4.27. The maximum atomic E-state index is 14.8. The van der Waals surface area contributed by atoms with Crippen LogP contribution >= 0.6 is 0 Å². The predicted octanol–water partition coefficient (Wildman–Crippen LogP) is 5.22. The van der Waals surface area contributed by atoms with E-state index in [-0.39, 0.29) is 43.7 Å². The zero-order valence-corrected chi connectivity index (χ0v) is 34.5. The fourth-order valence-electron chi connectivity index (χ4n) is 9.46. The summed E-state index contributed by atoms with van der Waals surface area (Å²) in [5.41, 5.74) is 0.483. The van der Waals surface area contributed by atoms with Crippen LogP contribution in [-0.2, 0) is 40.4 Å². The predicted molar refractivity (Wildman–Crippen MR) is 214 cm³/mol. The zero-order valence-electron chi connectivity index (χ0n) is 33.7. The van der Waals surface area contributed by atoms with Gasteiger partial charge in [-0.05, 0) is 102 Å². The molecule has 1 aromatic carbocycles. The molecule has 314 valence electrons. The maximum absolute atomic E-state index is 14.8. The van der Waals surface area contributed by atoms with Crippen LogP contribution in [0.15, 0.2) is 30.4 Å². The number of hydrogen-bond donors (Lipinski definition) is 2. The Morgan fingerprint density at radius 2 is 1.76 bits per heavy atom. The molecule has 58 heavy (non-hydrogen) atoms. The van der Waals surface area contributed by atoms with Gasteiger partial charge in [0.25, 0.3) is 5.91 Å². The fraction of sp³-hybridized carbons (Fsp3) is 0.674. The van der Waals surface area contributed by atoms with Crippen molar-refractivity contribution in [1.82, 2.24) is 24.9 Å². The highest BCUT2D eigenvalue weighted by Crippen LogP contribution is 2.48. The van der Waals surface area contributed by atoms with Gasteiger partial charge in [-0.1, -0.05) is 37.8 Å². The van der Waals surface area contributed by atoms with Crippen LogP contribution in [0.25, 0.3) is 11.0 Å². The average Bonchev–Trinajstić information content (AvgIpc) is 4.00. The summed E-state index contributed by atoms with van der Waals surface area (Å²) in [6.07, 6.45) is 14.9. The van der Waals surface area contributed by atoms with Gasteiger partial charge >= 0.3 is 5.97 Å². The van der Waals surface area contributed by atoms with Crippen LogP contribution in [0, 0.1) is 17.8 Å². The number of nitrogens with zero attached hydrogens (tertiary/aromatic N) is 3. The first-order chi connectivity index (χ1) is 27.9. The van der Waals surface area contributed by atoms with Gasteiger partial charge in [-0.15, -0.1) is 0 Å². The summed E-state index contributed by atoms with van der Waals surface area (Å²) in [5, 5.41) is 2.95. The number of methoxy groups -OCH3 is 1. The van der Waals surface area contributed by atoms with E-state index in [1.165, 1.54) is 4.90 Å². The van der Waals surface area contributed by atoms with E-state index in [1.807, 2.05) is 24.3 Å². The van der Waals surface area contributed by atoms with Gasteiger partial charge < -0.3 is 24.4 Å². The number of allylic oxidation sites excluding steroid dienone is 1. The number of carbonyl (C=O) groups is 4. The lowest BCUT2D eigenvalue weighted by Crippen LogP contribution is -2.57. The Balaban J connectivity index is 1.14. The van der Waals surface area contributed by atoms with E-state index in [1.54, 1.807) is 20.1 Å². The minimum Gasteiger partial charge on any atom is -0.497 e. The quantitative estimate of drug-likeness (QED) is 0.305. The fourth-order valence-corrected chi connectivity index (χ4v) is 10.8. The third-order valence-corrected chi connectivity index (χ3v) is 15.7. The zero-order chi connectivity index (χ0) is 40.7. The second kappa shape index (κ2) is 16.4. The van der Waals surface area contributed by atoms with Crippen LogP contribution in [0.4, 0.5) is 0 Å². The molecule has 3 bridgehead atoms. The minimum absolute atomic E-state index is 0.0414. The van der Waals surface area contributed by atoms with Crippen molar-refractivity contribution in [2.45, 2.75) is 151 Å². The van der Waals surface area contributed by atoms with Gasteiger partial charge in [0.1, 0.15) is 35.2 Å². The normalized spacial score (nSPS) is 32.4. The lowest BCUT2D eigenvalue weighted by molar-refractivity contribution is -0.155. The highest BCUT2D eigenvalue weighted by Gasteiger charge is 2.63. The summed E-state index contributed by atoms with van der Waals surface area (Å²) in [5.74, 6) is -1.99. The summed E-state index contributed by atoms with van der Waals surface area (Å²) < 4.78 is 46.0. The lowest BCUT2D eigenvalue weighted by Gasteiger charge is -2.30. The van der Waals surface area contributed by atoms with Crippen molar-refractivity contribution >= 4 is 44.7 Å². The minimum atomic E-state index is -3.98. The number of hydrogen-bond acceptors (Lipinski definition) is 11. The summed E-state index contributed by atoms with van der Waals surface area (Å²) in [4.78, 5) is 68.4. The summed E-state index contributed by atoms with van der Waals surface area (Å²) >= 11 is 0. The van der Waals surface area contributed by atoms with E-state index in [4.69, 9.17) is 24.2 Å². The van der Waals surface area contributed by atoms with Crippen molar-refractivity contribution in [3.05, 3.63) is 36.0 Å². The molecular weight excluding hydrogens is 763 g/mol. The average molecular weight is 820 g/mol. The monoisotopic (exact) mass is 819 g/mol. The number of amides is 3. The largest absolute Gasteiger partial charge is 0.497 e. The number of fused-ring (bicyclic) bond motifs is 6. The van der Waals surface area contributed by atoms with Crippen LogP contribution in [0.3, 0.4) is 0 Å². The number of nitrogens with one attached hydrogen (secondary N) is 2. The number of ether oxygens (including phenoxy) is 3. The molecule has 4 fully saturated rings. The van der Waals surface area contributed by atoms with E-state index in [9.17, 15) is 27.6 Å². The molecule has 3 aliphatic carbocycles. The van der Waals surface area contributed by atoms with Crippen molar-refractivity contribution in [2.24, 2.45) is 17.8 Å². The summed E-state index contributed by atoms with van der Waals surface area (Å²) in [7, 11) is -2.40. The van der Waals surface area contributed by atoms with E-state index in [0.717, 1.165) is 64.2 Å². The highest BCUT2D eigenvalue weighted by molar-refractivity contribution is 7.91. The maximum Gasteiger partial charge on any atom is 0.306 e. The number of aromatic nitrogens is 2. The number of sulfonamides is 1. The molecule has 14 nitrogen and oxygen atoms in total. The molecule has 2 N–H and O–H groups in total. The van der Waals surface area contributed by atoms with Crippen molar-refractivity contribution < 1.29 is 41.8 Å². The topological polar surface area (TPSA) is 183 Å². The third-order valence-electron chi connectivity index (χ3n) is 13.5. The number of rotatable bonds is 4. The van der Waals surface area contributed by atoms with Gasteiger partial charge in [-0.2, -0.15) is 0 Å². The molecule has 1 saturated heterocycles. The van der Waals surface area contributed by atoms with Gasteiger partial charge in [0, 0.05) is 24.3 Å². The Morgan fingerprint density at radius 1 is 0.966 bits per heavy atom. The molecule has 3 amide bonds. The Bertz CT molecular complexity index is 2070. The molecule has 2 aromatic rings. The first-order valence-electron chi connectivity index (χ1n) is 21.4. The highest BCUT2D eigenvalue weighted by atomic mass is 32.2. The molecule has 7 unspecified atom stereocenters. The Morgan fingerprint density at radius 3 is 2.57 bits per heavy atom. The number of carbonyl (C=O) groups excluding carboxylic acids is 4. The SMILES string of the molecule is COc1ccc2nc3c(nc2c1)OC1CC2C(=O)NC4(C(=O)NS(=O)(=O)C5(C)CC5)CC4/C=C\CCCCCC(CC(=O)OC4CCCC4CCCCC3)C(=O)N2C1. The van der Waals surface area contributed by atoms with Crippen LogP contribution in [0.1, 0.15) is 122 Å². The first-order valence-corrected chi connectivity index (χ1v) is 22.9. The number of esters is 1. The van der Waals surface area contributed by atoms with Gasteiger partial charge in [-0.3, -0.25) is 23.9 Å². The Labute approximate surface area is 340 Å². The first kappa shape index (κ1) is 40.5. The van der Waals surface area contributed by atoms with Crippen molar-refractivity contribution in [1.29, 1.82) is 0 Å². The van der Waals surface area contributed by atoms with Gasteiger partial charge in [-0.25, -0.2) is 18.4 Å². The third kappa shape index (κ3) is 8.42. The Kier molecular flexibility index (Phi) is 11.5. The molecular formula is C43H57N5O9S. The molecule has 1 aromatic heterocycles. The number of aryl methyl sites for hydroxylation is 1. The van der Waals surface area contributed by atoms with E-state index in [2.05, 4.69) is 10.0 Å². The standard InChI is InChI=1S/C43H57N5O9S/c1-42(20-21-42)58(53,54)47-41(52)43-25-29(43)15-9-5-3-4-7-13-28-22-37(49)57-36-17-11-14-27(36)12-8-6-10-16-33-39(45-34-23-30(55-2)18-19-32(34)44-33)56-31-24-35(38(50)46-43)48(26-31)40(28)51/h9,15,18-19,23,27-29,31,35-36H,3-8,10-14,16-17,20-22,24-26H2,1-2H3,(H,46,50)(H,47,52)/b15-9-. The number of benzene rings is 1. The smallest absolute Gasteiger partial charge is 0.306 e. The molecule has 4 heterocycles. The molecule has 8 rings (SSSR count). The van der Waals surface area contributed by atoms with Crippen LogP contribution in [-0.4, -0.2) is 89.2 Å². The van der Waals surface area contributed by atoms with E-state index in [0.29, 0.717) is 60.5 Å². The van der Waals surface area contributed by atoms with Crippen molar-refractivity contribution in [2.75, 3.05) is 13.7 Å². The molecule has 15 heteroatoms. The summed E-state index contributed by atoms with van der Waals surface area (Å²) in [6, 6.07) is 4.44. The van der Waals surface area contributed by atoms with Crippen LogP contribution in [0.2, 0.25) is 0 Å². The molecule has 3 saturated carbocycles. The van der Waals surface area contributed by atoms with Gasteiger partial charge in [0.05, 0.1) is 35.9 Å². The summed E-state index contributed by atoms with van der Waals surface area (Å²) in [6.45, 7) is 1.65. The molecule has 0 radical (unpaired) electrons. The molecule has 0 spiro atoms. The second-order valence-corrected chi connectivity index (χ2v) is 20.0. The second-order valence-electron chi connectivity index (χ2n) is 17.8. The van der Waals surface area contributed by atoms with Crippen molar-refractivity contribution in [3.63, 3.8) is 0 Å². The molecule has 6 aliphatic rings. The van der Waals surface area contributed by atoms with Crippen LogP contribution in [0.5, 0.6) is 11.6 Å². The van der Waals surface area contributed by atoms with Crippen molar-refractivity contribution in [3.8, 4) is 11.6 Å². The van der Waals surface area contributed by atoms with E-state index < -0.39 is 62.1 Å². The van der Waals surface area contributed by atoms with Crippen LogP contribution < -0.4 is 19.5 Å². The molecule has 3 aliphatic heterocycles. The van der Waals surface area contributed by atoms with Gasteiger partial charge in [0.2, 0.25) is 27.7 Å². The molecule has 7 atom stereocenters. The van der Waals surface area contributed by atoms with E-state index >= 15 is 0 Å². The van der Waals surface area contributed by atoms with Gasteiger partial charge in [0.15, 0.2) is 0 Å².